The summed E-state index contributed by atoms with van der Waals surface area (Å²) in [5.74, 6) is -0.415. The first-order valence-corrected chi connectivity index (χ1v) is 13.4. The Hall–Kier alpha value is -3.59. The van der Waals surface area contributed by atoms with E-state index in [0.717, 1.165) is 28.1 Å². The number of hydrogen-bond acceptors (Lipinski definition) is 6. The Morgan fingerprint density at radius 2 is 1.56 bits per heavy atom. The molecule has 5 rings (SSSR count). The van der Waals surface area contributed by atoms with Crippen LogP contribution in [0.25, 0.3) is 16.8 Å². The maximum Gasteiger partial charge on any atom is 0.339 e. The molecule has 0 aromatic heterocycles. The van der Waals surface area contributed by atoms with Crippen LogP contribution < -0.4 is 4.18 Å². The molecule has 1 saturated heterocycles. The summed E-state index contributed by atoms with van der Waals surface area (Å²) in [7, 11) is -4.14. The molecule has 6 nitrogen and oxygen atoms in total. The van der Waals surface area contributed by atoms with E-state index in [1.54, 1.807) is 18.2 Å². The van der Waals surface area contributed by atoms with Crippen LogP contribution in [0.3, 0.4) is 0 Å². The van der Waals surface area contributed by atoms with Gasteiger partial charge in [0.05, 0.1) is 11.4 Å². The molecule has 0 saturated carbocycles. The molecule has 0 N–H and O–H groups in total. The Labute approximate surface area is 217 Å². The van der Waals surface area contributed by atoms with Crippen LogP contribution in [0.2, 0.25) is 5.02 Å². The third kappa shape index (κ3) is 4.88. The molecule has 1 heterocycles. The number of carbonyl (C=O) groups is 2. The summed E-state index contributed by atoms with van der Waals surface area (Å²) in [6.07, 6.45) is 1.47. The number of carbonyl (C=O) groups excluding carboxylic acids is 2. The van der Waals surface area contributed by atoms with E-state index in [1.165, 1.54) is 41.3 Å². The van der Waals surface area contributed by atoms with Crippen molar-refractivity contribution in [3.63, 3.8) is 0 Å². The molecule has 36 heavy (non-hydrogen) atoms. The number of halogens is 1. The molecule has 9 heteroatoms. The van der Waals surface area contributed by atoms with Gasteiger partial charge in [0.15, 0.2) is 0 Å². The average Bonchev–Trinajstić information content (AvgIpc) is 3.13. The minimum atomic E-state index is -4.14. The summed E-state index contributed by atoms with van der Waals surface area (Å²) in [4.78, 5) is 27.2. The summed E-state index contributed by atoms with van der Waals surface area (Å²) in [5, 5.41) is 1.99. The zero-order chi connectivity index (χ0) is 25.3. The minimum absolute atomic E-state index is 0.0355. The molecule has 0 bridgehead atoms. The van der Waals surface area contributed by atoms with Gasteiger partial charge in [-0.2, -0.15) is 8.42 Å². The molecule has 0 atom stereocenters. The monoisotopic (exact) mass is 535 g/mol. The molecule has 0 radical (unpaired) electrons. The second-order valence-corrected chi connectivity index (χ2v) is 10.9. The number of nitrogens with zero attached hydrogens (tertiary/aromatic N) is 1. The van der Waals surface area contributed by atoms with Gasteiger partial charge in [0.2, 0.25) is 0 Å². The zero-order valence-electron chi connectivity index (χ0n) is 18.6. The Kier molecular flexibility index (Phi) is 6.57. The van der Waals surface area contributed by atoms with Crippen molar-refractivity contribution in [1.29, 1.82) is 0 Å². The lowest BCUT2D eigenvalue weighted by Crippen LogP contribution is -2.27. The zero-order valence-corrected chi connectivity index (χ0v) is 21.0. The SMILES string of the molecule is O=C1S/C(=C\c2ccccc2OS(=O)(=O)c2ccc(Cl)cc2)C(=O)N1Cc1cccc2ccccc12. The fourth-order valence-electron chi connectivity index (χ4n) is 3.82. The van der Waals surface area contributed by atoms with Crippen LogP contribution in [0, 0.1) is 0 Å². The molecular weight excluding hydrogens is 518 g/mol. The highest BCUT2D eigenvalue weighted by Crippen LogP contribution is 2.36. The predicted octanol–water partition coefficient (Wildman–Crippen LogP) is 6.50. The van der Waals surface area contributed by atoms with Gasteiger partial charge in [-0.05, 0) is 64.5 Å². The molecule has 0 spiro atoms. The van der Waals surface area contributed by atoms with E-state index in [-0.39, 0.29) is 22.1 Å². The number of imide groups is 1. The molecule has 4 aromatic rings. The Morgan fingerprint density at radius 1 is 0.861 bits per heavy atom. The summed E-state index contributed by atoms with van der Waals surface area (Å²) in [6.45, 7) is 0.131. The van der Waals surface area contributed by atoms with Crippen LogP contribution in [0.1, 0.15) is 11.1 Å². The molecule has 180 valence electrons. The van der Waals surface area contributed by atoms with E-state index in [2.05, 4.69) is 0 Å². The van der Waals surface area contributed by atoms with Gasteiger partial charge in [-0.1, -0.05) is 72.3 Å². The smallest absolute Gasteiger partial charge is 0.339 e. The normalized spacial score (nSPS) is 15.1. The van der Waals surface area contributed by atoms with Crippen molar-refractivity contribution in [3.05, 3.63) is 112 Å². The van der Waals surface area contributed by atoms with Gasteiger partial charge in [0.25, 0.3) is 11.1 Å². The maximum atomic E-state index is 13.2. The third-order valence-electron chi connectivity index (χ3n) is 5.59. The standard InChI is InChI=1S/C27H18ClNO5S2/c28-21-12-14-22(15-13-21)36(32,33)34-24-11-4-2-7-19(24)16-25-26(30)29(27(31)35-25)17-20-9-5-8-18-6-1-3-10-23(18)20/h1-16H,17H2/b25-16-. The maximum absolute atomic E-state index is 13.2. The van der Waals surface area contributed by atoms with Crippen molar-refractivity contribution in [1.82, 2.24) is 4.90 Å². The molecule has 0 aliphatic carbocycles. The quantitative estimate of drug-likeness (QED) is 0.207. The third-order valence-corrected chi connectivity index (χ3v) is 8.00. The summed E-state index contributed by atoms with van der Waals surface area (Å²) in [6, 6.07) is 25.5. The van der Waals surface area contributed by atoms with E-state index >= 15 is 0 Å². The van der Waals surface area contributed by atoms with Gasteiger partial charge < -0.3 is 4.18 Å². The van der Waals surface area contributed by atoms with E-state index in [9.17, 15) is 18.0 Å². The largest absolute Gasteiger partial charge is 0.378 e. The van der Waals surface area contributed by atoms with Crippen LogP contribution in [0.15, 0.2) is 101 Å². The van der Waals surface area contributed by atoms with Crippen LogP contribution >= 0.6 is 23.4 Å². The van der Waals surface area contributed by atoms with Crippen molar-refractivity contribution in [2.75, 3.05) is 0 Å². The fourth-order valence-corrected chi connectivity index (χ4v) is 5.73. The molecule has 0 unspecified atom stereocenters. The topological polar surface area (TPSA) is 80.8 Å². The van der Waals surface area contributed by atoms with Crippen molar-refractivity contribution < 1.29 is 22.2 Å². The second kappa shape index (κ2) is 9.81. The first-order chi connectivity index (χ1) is 17.3. The van der Waals surface area contributed by atoms with E-state index in [0.29, 0.717) is 10.6 Å². The summed E-state index contributed by atoms with van der Waals surface area (Å²) >= 11 is 6.65. The average molecular weight is 536 g/mol. The lowest BCUT2D eigenvalue weighted by molar-refractivity contribution is -0.123. The molecule has 1 fully saturated rings. The summed E-state index contributed by atoms with van der Waals surface area (Å²) in [5.41, 5.74) is 1.21. The minimum Gasteiger partial charge on any atom is -0.378 e. The van der Waals surface area contributed by atoms with Crippen molar-refractivity contribution in [2.45, 2.75) is 11.4 Å². The Balaban J connectivity index is 1.42. The number of benzene rings is 4. The number of fused-ring (bicyclic) bond motifs is 1. The van der Waals surface area contributed by atoms with Gasteiger partial charge in [0.1, 0.15) is 10.6 Å². The predicted molar refractivity (Wildman–Crippen MR) is 141 cm³/mol. The van der Waals surface area contributed by atoms with Crippen LogP contribution in [0.5, 0.6) is 5.75 Å². The van der Waals surface area contributed by atoms with Gasteiger partial charge in [-0.3, -0.25) is 14.5 Å². The first kappa shape index (κ1) is 24.1. The second-order valence-electron chi connectivity index (χ2n) is 7.94. The highest BCUT2D eigenvalue weighted by Gasteiger charge is 2.35. The lowest BCUT2D eigenvalue weighted by Gasteiger charge is -2.14. The fraction of sp³-hybridized carbons (Fsp3) is 0.0370. The number of amides is 2. The van der Waals surface area contributed by atoms with E-state index in [1.807, 2.05) is 42.5 Å². The number of hydrogen-bond donors (Lipinski definition) is 0. The highest BCUT2D eigenvalue weighted by molar-refractivity contribution is 8.18. The highest BCUT2D eigenvalue weighted by atomic mass is 35.5. The Morgan fingerprint density at radius 3 is 2.36 bits per heavy atom. The molecule has 4 aromatic carbocycles. The lowest BCUT2D eigenvalue weighted by atomic mass is 10.0. The van der Waals surface area contributed by atoms with Crippen LogP contribution in [0.4, 0.5) is 4.79 Å². The van der Waals surface area contributed by atoms with E-state index < -0.39 is 21.3 Å². The van der Waals surface area contributed by atoms with E-state index in [4.69, 9.17) is 15.8 Å². The first-order valence-electron chi connectivity index (χ1n) is 10.8. The molecular formula is C27H18ClNO5S2. The van der Waals surface area contributed by atoms with Gasteiger partial charge in [-0.15, -0.1) is 0 Å². The Bertz CT molecular complexity index is 1630. The summed E-state index contributed by atoms with van der Waals surface area (Å²) < 4.78 is 30.9. The number of thioether (sulfide) groups is 1. The van der Waals surface area contributed by atoms with Gasteiger partial charge >= 0.3 is 10.1 Å². The van der Waals surface area contributed by atoms with Crippen molar-refractivity contribution >= 4 is 61.5 Å². The van der Waals surface area contributed by atoms with Crippen LogP contribution in [-0.2, 0) is 21.5 Å². The van der Waals surface area contributed by atoms with Gasteiger partial charge in [0, 0.05) is 10.6 Å². The molecule has 1 aliphatic rings. The van der Waals surface area contributed by atoms with Crippen LogP contribution in [-0.4, -0.2) is 24.5 Å². The number of rotatable bonds is 6. The molecule has 2 amide bonds. The van der Waals surface area contributed by atoms with Crippen molar-refractivity contribution in [3.8, 4) is 5.75 Å². The number of para-hydroxylation sites is 1. The van der Waals surface area contributed by atoms with Gasteiger partial charge in [-0.25, -0.2) is 0 Å². The van der Waals surface area contributed by atoms with Crippen molar-refractivity contribution in [2.24, 2.45) is 0 Å². The molecule has 1 aliphatic heterocycles.